The Morgan fingerprint density at radius 3 is 2.68 bits per heavy atom. The van der Waals surface area contributed by atoms with Gasteiger partial charge in [-0.05, 0) is 58.4 Å². The van der Waals surface area contributed by atoms with Crippen LogP contribution in [-0.4, -0.2) is 27.1 Å². The number of carbonyl (C=O) groups is 2. The zero-order valence-corrected chi connectivity index (χ0v) is 17.7. The van der Waals surface area contributed by atoms with E-state index >= 15 is 0 Å². The Morgan fingerprint density at radius 2 is 1.89 bits per heavy atom. The van der Waals surface area contributed by atoms with Crippen molar-refractivity contribution in [1.29, 1.82) is 0 Å². The first-order valence-electron chi connectivity index (χ1n) is 8.35. The van der Waals surface area contributed by atoms with Crippen LogP contribution in [0, 0.1) is 0 Å². The van der Waals surface area contributed by atoms with Gasteiger partial charge >= 0.3 is 0 Å². The Balaban J connectivity index is 1.46. The van der Waals surface area contributed by atoms with Gasteiger partial charge in [0.1, 0.15) is 0 Å². The smallest absolute Gasteiger partial charge is 0.256 e. The number of hydrogen-bond donors (Lipinski definition) is 1. The molecule has 0 unspecified atom stereocenters. The lowest BCUT2D eigenvalue weighted by molar-refractivity contribution is 0.0941. The zero-order chi connectivity index (χ0) is 19.5. The van der Waals surface area contributed by atoms with E-state index in [1.54, 1.807) is 23.0 Å². The van der Waals surface area contributed by atoms with Gasteiger partial charge in [0.25, 0.3) is 5.91 Å². The van der Waals surface area contributed by atoms with E-state index in [4.69, 9.17) is 0 Å². The summed E-state index contributed by atoms with van der Waals surface area (Å²) >= 11 is 6.32. The summed E-state index contributed by atoms with van der Waals surface area (Å²) in [7, 11) is 0. The minimum absolute atomic E-state index is 0.00986. The predicted octanol–water partition coefficient (Wildman–Crippen LogP) is 5.55. The van der Waals surface area contributed by atoms with Crippen LogP contribution in [0.25, 0.3) is 10.2 Å². The summed E-state index contributed by atoms with van der Waals surface area (Å²) in [5.41, 5.74) is 2.13. The Kier molecular flexibility index (Phi) is 5.61. The average molecular weight is 472 g/mol. The lowest BCUT2D eigenvalue weighted by Crippen LogP contribution is -2.12. The van der Waals surface area contributed by atoms with Crippen molar-refractivity contribution >= 4 is 66.7 Å². The molecule has 0 saturated carbocycles. The minimum Gasteiger partial charge on any atom is -0.322 e. The standard InChI is InChI=1S/C20H14BrN3O2S2/c21-15-6-2-1-5-14(15)19(26)22-13-7-8-16-17(11-13)28-20(23-16)27-12-18(25)24-9-3-4-10-24/h1-11H,12H2,(H,22,26). The molecule has 28 heavy (non-hydrogen) atoms. The van der Waals surface area contributed by atoms with Crippen LogP contribution in [0.4, 0.5) is 5.69 Å². The largest absolute Gasteiger partial charge is 0.322 e. The first kappa shape index (κ1) is 18.9. The number of carbonyl (C=O) groups excluding carboxylic acids is 2. The molecule has 0 bridgehead atoms. The number of fused-ring (bicyclic) bond motifs is 1. The van der Waals surface area contributed by atoms with Crippen molar-refractivity contribution in [2.75, 3.05) is 11.1 Å². The highest BCUT2D eigenvalue weighted by Gasteiger charge is 2.12. The van der Waals surface area contributed by atoms with Crippen LogP contribution in [0.5, 0.6) is 0 Å². The summed E-state index contributed by atoms with van der Waals surface area (Å²) in [5.74, 6) is 0.152. The van der Waals surface area contributed by atoms with Gasteiger partial charge in [-0.15, -0.1) is 11.3 Å². The van der Waals surface area contributed by atoms with Gasteiger partial charge < -0.3 is 5.32 Å². The van der Waals surface area contributed by atoms with Crippen LogP contribution in [0.3, 0.4) is 0 Å². The van der Waals surface area contributed by atoms with Crippen LogP contribution in [-0.2, 0) is 0 Å². The van der Waals surface area contributed by atoms with Gasteiger partial charge in [0.05, 0.1) is 21.5 Å². The number of amides is 1. The average Bonchev–Trinajstić information content (AvgIpc) is 3.36. The number of rotatable bonds is 5. The highest BCUT2D eigenvalue weighted by molar-refractivity contribution is 9.10. The Morgan fingerprint density at radius 1 is 1.11 bits per heavy atom. The molecule has 0 fully saturated rings. The molecule has 8 heteroatoms. The first-order chi connectivity index (χ1) is 13.6. The summed E-state index contributed by atoms with van der Waals surface area (Å²) in [6.45, 7) is 0. The Hall–Kier alpha value is -2.42. The Labute approximate surface area is 177 Å². The van der Waals surface area contributed by atoms with Crippen molar-refractivity contribution in [1.82, 2.24) is 9.55 Å². The molecule has 5 nitrogen and oxygen atoms in total. The van der Waals surface area contributed by atoms with Crippen molar-refractivity contribution in [3.63, 3.8) is 0 Å². The number of benzene rings is 2. The fourth-order valence-corrected chi connectivity index (χ4v) is 5.03. The van der Waals surface area contributed by atoms with Crippen LogP contribution in [0.1, 0.15) is 15.2 Å². The van der Waals surface area contributed by atoms with Crippen molar-refractivity contribution < 1.29 is 9.59 Å². The van der Waals surface area contributed by atoms with E-state index in [0.717, 1.165) is 19.0 Å². The SMILES string of the molecule is O=C(Nc1ccc2nc(SCC(=O)n3cccc3)sc2c1)c1ccccc1Br. The molecule has 0 atom stereocenters. The van der Waals surface area contributed by atoms with Crippen LogP contribution in [0.15, 0.2) is 75.8 Å². The van der Waals surface area contributed by atoms with Crippen molar-refractivity contribution in [2.45, 2.75) is 4.34 Å². The molecule has 0 aliphatic rings. The molecule has 0 saturated heterocycles. The summed E-state index contributed by atoms with van der Waals surface area (Å²) in [6.07, 6.45) is 3.47. The van der Waals surface area contributed by atoms with Gasteiger partial charge in [0, 0.05) is 22.6 Å². The second-order valence-electron chi connectivity index (χ2n) is 5.87. The van der Waals surface area contributed by atoms with E-state index in [2.05, 4.69) is 26.2 Å². The maximum atomic E-state index is 12.5. The molecular formula is C20H14BrN3O2S2. The number of nitrogens with zero attached hydrogens (tertiary/aromatic N) is 2. The molecule has 2 aromatic heterocycles. The van der Waals surface area contributed by atoms with Crippen molar-refractivity contribution in [2.24, 2.45) is 0 Å². The molecular weight excluding hydrogens is 458 g/mol. The summed E-state index contributed by atoms with van der Waals surface area (Å²) in [6, 6.07) is 16.5. The number of anilines is 1. The fourth-order valence-electron chi connectivity index (χ4n) is 2.59. The van der Waals surface area contributed by atoms with Gasteiger partial charge in [-0.2, -0.15) is 0 Å². The normalized spacial score (nSPS) is 10.9. The summed E-state index contributed by atoms with van der Waals surface area (Å²) < 4.78 is 4.10. The Bertz CT molecular complexity index is 1160. The van der Waals surface area contributed by atoms with E-state index in [-0.39, 0.29) is 11.8 Å². The van der Waals surface area contributed by atoms with Crippen LogP contribution in [0.2, 0.25) is 0 Å². The van der Waals surface area contributed by atoms with Crippen molar-refractivity contribution in [3.05, 3.63) is 77.0 Å². The maximum Gasteiger partial charge on any atom is 0.256 e. The number of thiazole rings is 1. The summed E-state index contributed by atoms with van der Waals surface area (Å²) in [4.78, 5) is 29.1. The topological polar surface area (TPSA) is 64.0 Å². The maximum absolute atomic E-state index is 12.5. The predicted molar refractivity (Wildman–Crippen MR) is 117 cm³/mol. The molecule has 1 amide bonds. The summed E-state index contributed by atoms with van der Waals surface area (Å²) in [5, 5.41) is 2.91. The molecule has 0 aliphatic carbocycles. The lowest BCUT2D eigenvalue weighted by Gasteiger charge is -2.06. The van der Waals surface area contributed by atoms with E-state index in [0.29, 0.717) is 17.0 Å². The molecule has 1 N–H and O–H groups in total. The number of aromatic nitrogens is 2. The fraction of sp³-hybridized carbons (Fsp3) is 0.0500. The number of halogens is 1. The van der Waals surface area contributed by atoms with Gasteiger partial charge in [-0.1, -0.05) is 23.9 Å². The quantitative estimate of drug-likeness (QED) is 0.387. The lowest BCUT2D eigenvalue weighted by atomic mass is 10.2. The third kappa shape index (κ3) is 4.19. The van der Waals surface area contributed by atoms with Crippen LogP contribution < -0.4 is 5.32 Å². The molecule has 2 heterocycles. The van der Waals surface area contributed by atoms with E-state index in [1.807, 2.05) is 48.5 Å². The molecule has 0 aliphatic heterocycles. The van der Waals surface area contributed by atoms with E-state index < -0.39 is 0 Å². The van der Waals surface area contributed by atoms with Crippen LogP contribution >= 0.6 is 39.0 Å². The third-order valence-corrected chi connectivity index (χ3v) is 6.79. The zero-order valence-electron chi connectivity index (χ0n) is 14.5. The molecule has 0 radical (unpaired) electrons. The highest BCUT2D eigenvalue weighted by Crippen LogP contribution is 2.31. The molecule has 4 rings (SSSR count). The molecule has 0 spiro atoms. The molecule has 4 aromatic rings. The highest BCUT2D eigenvalue weighted by atomic mass is 79.9. The third-order valence-electron chi connectivity index (χ3n) is 3.96. The number of hydrogen-bond acceptors (Lipinski definition) is 5. The van der Waals surface area contributed by atoms with Gasteiger partial charge in [0.15, 0.2) is 4.34 Å². The van der Waals surface area contributed by atoms with Gasteiger partial charge in [-0.3, -0.25) is 14.2 Å². The number of thioether (sulfide) groups is 1. The minimum atomic E-state index is -0.178. The monoisotopic (exact) mass is 471 g/mol. The van der Waals surface area contributed by atoms with Crippen molar-refractivity contribution in [3.8, 4) is 0 Å². The second kappa shape index (κ2) is 8.30. The van der Waals surface area contributed by atoms with Gasteiger partial charge in [0.2, 0.25) is 5.91 Å². The molecule has 2 aromatic carbocycles. The second-order valence-corrected chi connectivity index (χ2v) is 8.98. The first-order valence-corrected chi connectivity index (χ1v) is 10.9. The number of nitrogens with one attached hydrogen (secondary N) is 1. The van der Waals surface area contributed by atoms with Gasteiger partial charge in [-0.25, -0.2) is 4.98 Å². The van der Waals surface area contributed by atoms with E-state index in [1.165, 1.54) is 23.1 Å². The molecule has 140 valence electrons. The van der Waals surface area contributed by atoms with E-state index in [9.17, 15) is 9.59 Å².